The second-order valence-corrected chi connectivity index (χ2v) is 4.47. The molecular formula is C18H12N2O2. The number of para-hydroxylation sites is 1. The van der Waals surface area contributed by atoms with Crippen molar-refractivity contribution in [3.05, 3.63) is 78.0 Å². The van der Waals surface area contributed by atoms with E-state index in [-0.39, 0.29) is 5.69 Å². The van der Waals surface area contributed by atoms with Gasteiger partial charge in [0, 0.05) is 18.1 Å². The number of hydrogen-bond donors (Lipinski definition) is 0. The lowest BCUT2D eigenvalue weighted by Crippen LogP contribution is -2.35. The lowest BCUT2D eigenvalue weighted by molar-refractivity contribution is -0.672. The molecule has 0 saturated heterocycles. The molecule has 1 aromatic heterocycles. The fraction of sp³-hybridized carbons (Fsp3) is 0. The lowest BCUT2D eigenvalue weighted by Gasteiger charge is -1.89. The Labute approximate surface area is 127 Å². The van der Waals surface area contributed by atoms with Crippen LogP contribution in [0.15, 0.2) is 71.3 Å². The Hall–Kier alpha value is -3.32. The minimum Gasteiger partial charge on any atom is -0.538 e. The fourth-order valence-corrected chi connectivity index (χ4v) is 1.91. The molecule has 0 aliphatic rings. The summed E-state index contributed by atoms with van der Waals surface area (Å²) in [6, 6.07) is 19.0. The average molecular weight is 288 g/mol. The predicted octanol–water partition coefficient (Wildman–Crippen LogP) is 2.09. The Bertz CT molecular complexity index is 841. The van der Waals surface area contributed by atoms with Gasteiger partial charge in [0.25, 0.3) is 0 Å². The van der Waals surface area contributed by atoms with Gasteiger partial charge >= 0.3 is 5.69 Å². The van der Waals surface area contributed by atoms with Gasteiger partial charge in [0.2, 0.25) is 5.69 Å². The van der Waals surface area contributed by atoms with Crippen LogP contribution in [0.2, 0.25) is 0 Å². The van der Waals surface area contributed by atoms with Gasteiger partial charge in [-0.3, -0.25) is 0 Å². The third-order valence-corrected chi connectivity index (χ3v) is 2.96. The molecule has 0 radical (unpaired) electrons. The molecule has 0 spiro atoms. The van der Waals surface area contributed by atoms with Gasteiger partial charge < -0.3 is 9.63 Å². The minimum absolute atomic E-state index is 0.198. The summed E-state index contributed by atoms with van der Waals surface area (Å²) in [6.07, 6.45) is 3.56. The standard InChI is InChI=1S/C18H12N2O2/c21-18-17(14-8-7-11-15-9-3-1-4-10-15)20(19-22-18)16-12-5-2-6-13-16/h1-7,9-13H/b11-7+. The van der Waals surface area contributed by atoms with Gasteiger partial charge in [-0.1, -0.05) is 54.5 Å². The first-order valence-corrected chi connectivity index (χ1v) is 6.72. The monoisotopic (exact) mass is 288 g/mol. The van der Waals surface area contributed by atoms with Crippen LogP contribution in [0, 0.1) is 11.8 Å². The summed E-state index contributed by atoms with van der Waals surface area (Å²) in [5, 5.41) is 15.4. The van der Waals surface area contributed by atoms with Crippen molar-refractivity contribution in [2.75, 3.05) is 0 Å². The maximum absolute atomic E-state index is 11.7. The van der Waals surface area contributed by atoms with E-state index < -0.39 is 5.95 Å². The molecular weight excluding hydrogens is 276 g/mol. The molecule has 1 heterocycles. The maximum atomic E-state index is 11.7. The molecule has 0 aliphatic heterocycles. The van der Waals surface area contributed by atoms with Crippen LogP contribution in [-0.4, -0.2) is 5.27 Å². The summed E-state index contributed by atoms with van der Waals surface area (Å²) < 4.78 is 6.09. The molecule has 0 fully saturated rings. The van der Waals surface area contributed by atoms with Crippen LogP contribution in [0.5, 0.6) is 5.95 Å². The van der Waals surface area contributed by atoms with Crippen molar-refractivity contribution < 1.29 is 14.3 Å². The molecule has 2 aromatic carbocycles. The zero-order valence-electron chi connectivity index (χ0n) is 11.6. The highest BCUT2D eigenvalue weighted by molar-refractivity contribution is 5.53. The molecule has 3 aromatic rings. The molecule has 0 atom stereocenters. The largest absolute Gasteiger partial charge is 0.538 e. The summed E-state index contributed by atoms with van der Waals surface area (Å²) in [7, 11) is 0. The van der Waals surface area contributed by atoms with Crippen molar-refractivity contribution in [1.82, 2.24) is 5.27 Å². The summed E-state index contributed by atoms with van der Waals surface area (Å²) in [5.41, 5.74) is 1.97. The van der Waals surface area contributed by atoms with Crippen LogP contribution in [-0.2, 0) is 0 Å². The Morgan fingerprint density at radius 3 is 2.41 bits per heavy atom. The highest BCUT2D eigenvalue weighted by Gasteiger charge is 2.17. The van der Waals surface area contributed by atoms with Crippen molar-refractivity contribution in [2.45, 2.75) is 0 Å². The molecule has 106 valence electrons. The van der Waals surface area contributed by atoms with Crippen molar-refractivity contribution in [1.29, 1.82) is 0 Å². The van der Waals surface area contributed by atoms with Crippen LogP contribution in [0.1, 0.15) is 11.3 Å². The van der Waals surface area contributed by atoms with Gasteiger partial charge in [-0.25, -0.2) is 0 Å². The summed E-state index contributed by atoms with van der Waals surface area (Å²) >= 11 is 0. The van der Waals surface area contributed by atoms with E-state index in [9.17, 15) is 5.11 Å². The number of aromatic nitrogens is 2. The summed E-state index contributed by atoms with van der Waals surface area (Å²) in [4.78, 5) is 0. The number of hydrogen-bond acceptors (Lipinski definition) is 3. The second kappa shape index (κ2) is 6.42. The molecule has 4 nitrogen and oxygen atoms in total. The highest BCUT2D eigenvalue weighted by atomic mass is 16.6. The first-order chi connectivity index (χ1) is 10.8. The molecule has 3 rings (SSSR count). The quantitative estimate of drug-likeness (QED) is 0.536. The fourth-order valence-electron chi connectivity index (χ4n) is 1.91. The van der Waals surface area contributed by atoms with Gasteiger partial charge in [-0.2, -0.15) is 0 Å². The van der Waals surface area contributed by atoms with E-state index in [1.54, 1.807) is 6.08 Å². The third-order valence-electron chi connectivity index (χ3n) is 2.96. The van der Waals surface area contributed by atoms with E-state index in [2.05, 4.69) is 17.1 Å². The van der Waals surface area contributed by atoms with Crippen LogP contribution in [0.3, 0.4) is 0 Å². The Balaban J connectivity index is 1.87. The van der Waals surface area contributed by atoms with E-state index in [1.807, 2.05) is 66.7 Å². The van der Waals surface area contributed by atoms with Gasteiger partial charge in [-0.15, -0.1) is 0 Å². The van der Waals surface area contributed by atoms with Crippen LogP contribution < -0.4 is 9.79 Å². The van der Waals surface area contributed by atoms with Crippen LogP contribution >= 0.6 is 0 Å². The molecule has 0 saturated carbocycles. The van der Waals surface area contributed by atoms with E-state index in [1.165, 1.54) is 4.68 Å². The Morgan fingerprint density at radius 2 is 1.68 bits per heavy atom. The van der Waals surface area contributed by atoms with E-state index in [0.29, 0.717) is 0 Å². The van der Waals surface area contributed by atoms with Crippen LogP contribution in [0.25, 0.3) is 11.8 Å². The van der Waals surface area contributed by atoms with Gasteiger partial charge in [0.1, 0.15) is 0 Å². The van der Waals surface area contributed by atoms with E-state index in [0.717, 1.165) is 11.3 Å². The lowest BCUT2D eigenvalue weighted by atomic mass is 10.2. The maximum Gasteiger partial charge on any atom is 0.314 e. The van der Waals surface area contributed by atoms with Crippen molar-refractivity contribution >= 4 is 6.08 Å². The van der Waals surface area contributed by atoms with Gasteiger partial charge in [0.05, 0.1) is 5.27 Å². The molecule has 0 bridgehead atoms. The number of nitrogens with zero attached hydrogens (tertiary/aromatic N) is 2. The van der Waals surface area contributed by atoms with E-state index in [4.69, 9.17) is 4.52 Å². The molecule has 4 heteroatoms. The smallest absolute Gasteiger partial charge is 0.314 e. The van der Waals surface area contributed by atoms with Gasteiger partial charge in [0.15, 0.2) is 5.95 Å². The van der Waals surface area contributed by atoms with Gasteiger partial charge in [-0.05, 0) is 22.4 Å². The molecule has 0 N–H and O–H groups in total. The average Bonchev–Trinajstić information content (AvgIpc) is 2.94. The topological polar surface area (TPSA) is 53.0 Å². The third kappa shape index (κ3) is 3.05. The molecule has 0 amide bonds. The molecule has 0 unspecified atom stereocenters. The van der Waals surface area contributed by atoms with Crippen molar-refractivity contribution in [2.24, 2.45) is 0 Å². The normalized spacial score (nSPS) is 10.4. The minimum atomic E-state index is -0.551. The Morgan fingerprint density at radius 1 is 1.00 bits per heavy atom. The van der Waals surface area contributed by atoms with E-state index >= 15 is 0 Å². The first kappa shape index (κ1) is 13.7. The predicted molar refractivity (Wildman–Crippen MR) is 79.8 cm³/mol. The SMILES string of the molecule is [O-]c1on[n+](-c2ccccc2)c1C#C/C=C/c1ccccc1. The number of rotatable bonds is 2. The number of allylic oxidation sites excluding steroid dienone is 1. The molecule has 22 heavy (non-hydrogen) atoms. The highest BCUT2D eigenvalue weighted by Crippen LogP contribution is 2.08. The summed E-state index contributed by atoms with van der Waals surface area (Å²) in [6.45, 7) is 0. The molecule has 0 aliphatic carbocycles. The number of benzene rings is 2. The zero-order chi connectivity index (χ0) is 15.2. The summed E-state index contributed by atoms with van der Waals surface area (Å²) in [5.74, 6) is 5.07. The van der Waals surface area contributed by atoms with Crippen molar-refractivity contribution in [3.8, 4) is 23.5 Å². The van der Waals surface area contributed by atoms with Crippen LogP contribution in [0.4, 0.5) is 0 Å². The van der Waals surface area contributed by atoms with Crippen molar-refractivity contribution in [3.63, 3.8) is 0 Å². The zero-order valence-corrected chi connectivity index (χ0v) is 11.6. The second-order valence-electron chi connectivity index (χ2n) is 4.47. The first-order valence-electron chi connectivity index (χ1n) is 6.72. The Kier molecular flexibility index (Phi) is 3.98.